The molecule has 1 heteroatoms. The third-order valence-corrected chi connectivity index (χ3v) is 3.88. The van der Waals surface area contributed by atoms with Crippen molar-refractivity contribution in [3.63, 3.8) is 0 Å². The van der Waals surface area contributed by atoms with Crippen LogP contribution in [-0.2, 0) is 6.42 Å². The maximum atomic E-state index is 5.87. The topological polar surface area (TPSA) is 0 Å². The molecule has 1 aromatic rings. The van der Waals surface area contributed by atoms with Gasteiger partial charge in [-0.2, -0.15) is 0 Å². The summed E-state index contributed by atoms with van der Waals surface area (Å²) in [6.07, 6.45) is 14.7. The molecule has 0 nitrogen and oxygen atoms in total. The monoisotopic (exact) mass is 279 g/mol. The normalized spacial score (nSPS) is 10.8. The molecule has 0 spiro atoms. The number of halogens is 1. The molecule has 0 aliphatic carbocycles. The summed E-state index contributed by atoms with van der Waals surface area (Å²) < 4.78 is 0. The van der Waals surface area contributed by atoms with Gasteiger partial charge in [0.25, 0.3) is 0 Å². The van der Waals surface area contributed by atoms with E-state index in [9.17, 15) is 0 Å². The molecule has 0 atom stereocenters. The van der Waals surface area contributed by atoms with Crippen molar-refractivity contribution in [1.82, 2.24) is 0 Å². The molecule has 107 valence electrons. The van der Waals surface area contributed by atoms with Crippen molar-refractivity contribution in [2.45, 2.75) is 70.6 Å². The number of unbranched alkanes of at least 4 members (excludes halogenated alkanes) is 9. The Kier molecular flexibility index (Phi) is 9.89. The lowest BCUT2D eigenvalue weighted by Crippen LogP contribution is -1.86. The molecule has 0 N–H and O–H groups in total. The minimum Gasteiger partial charge on any atom is -0.0843 e. The molecule has 0 unspecified atom stereocenters. The Morgan fingerprint density at radius 3 is 1.68 bits per heavy atom. The zero-order valence-corrected chi connectivity index (χ0v) is 12.9. The van der Waals surface area contributed by atoms with Crippen molar-refractivity contribution in [2.24, 2.45) is 0 Å². The SMILES string of the molecule is [CH2]CCCCCCCCCCCc1ccc(Cl)cc1. The van der Waals surface area contributed by atoms with Gasteiger partial charge in [0, 0.05) is 5.02 Å². The van der Waals surface area contributed by atoms with Gasteiger partial charge in [0.1, 0.15) is 0 Å². The van der Waals surface area contributed by atoms with E-state index in [-0.39, 0.29) is 0 Å². The average Bonchev–Trinajstić information content (AvgIpc) is 2.43. The van der Waals surface area contributed by atoms with E-state index in [1.165, 1.54) is 69.8 Å². The van der Waals surface area contributed by atoms with Gasteiger partial charge in [-0.15, -0.1) is 0 Å². The first-order valence-electron chi connectivity index (χ1n) is 7.86. The van der Waals surface area contributed by atoms with Crippen LogP contribution in [0.1, 0.15) is 69.8 Å². The van der Waals surface area contributed by atoms with Gasteiger partial charge in [-0.25, -0.2) is 0 Å². The number of hydrogen-bond acceptors (Lipinski definition) is 0. The van der Waals surface area contributed by atoms with Gasteiger partial charge in [0.2, 0.25) is 0 Å². The Hall–Kier alpha value is -0.490. The third kappa shape index (κ3) is 9.10. The highest BCUT2D eigenvalue weighted by atomic mass is 35.5. The minimum atomic E-state index is 0.836. The van der Waals surface area contributed by atoms with Crippen LogP contribution in [0.5, 0.6) is 0 Å². The minimum absolute atomic E-state index is 0.836. The molecule has 0 heterocycles. The van der Waals surface area contributed by atoms with Crippen LogP contribution in [0.3, 0.4) is 0 Å². The molecule has 1 rings (SSSR count). The van der Waals surface area contributed by atoms with Crippen LogP contribution in [-0.4, -0.2) is 0 Å². The second kappa shape index (κ2) is 11.3. The fraction of sp³-hybridized carbons (Fsp3) is 0.611. The Morgan fingerprint density at radius 2 is 1.16 bits per heavy atom. The number of aryl methyl sites for hydroxylation is 1. The van der Waals surface area contributed by atoms with Gasteiger partial charge in [-0.05, 0) is 30.5 Å². The highest BCUT2D eigenvalue weighted by Crippen LogP contribution is 2.14. The Bertz CT molecular complexity index is 302. The number of rotatable bonds is 11. The molecule has 0 fully saturated rings. The van der Waals surface area contributed by atoms with Crippen LogP contribution in [0.4, 0.5) is 0 Å². The molecule has 1 radical (unpaired) electrons. The predicted octanol–water partition coefficient (Wildman–Crippen LogP) is 6.62. The summed E-state index contributed by atoms with van der Waals surface area (Å²) >= 11 is 5.87. The van der Waals surface area contributed by atoms with E-state index in [2.05, 4.69) is 19.1 Å². The molecule has 1 aromatic carbocycles. The molecule has 19 heavy (non-hydrogen) atoms. The van der Waals surface area contributed by atoms with Crippen LogP contribution < -0.4 is 0 Å². The summed E-state index contributed by atoms with van der Waals surface area (Å²) in [5.74, 6) is 0. The van der Waals surface area contributed by atoms with Crippen molar-refractivity contribution >= 4 is 11.6 Å². The molecule has 0 aliphatic rings. The molecular formula is C18H28Cl. The lowest BCUT2D eigenvalue weighted by molar-refractivity contribution is 0.560. The van der Waals surface area contributed by atoms with Crippen molar-refractivity contribution in [3.05, 3.63) is 41.8 Å². The number of benzene rings is 1. The van der Waals surface area contributed by atoms with Crippen molar-refractivity contribution in [1.29, 1.82) is 0 Å². The standard InChI is InChI=1S/C18H28Cl/c1-2-3-4-5-6-7-8-9-10-11-12-17-13-15-18(19)16-14-17/h13-16H,1-12H2. The van der Waals surface area contributed by atoms with Crippen molar-refractivity contribution < 1.29 is 0 Å². The Balaban J connectivity index is 1.87. The molecule has 0 aliphatic heterocycles. The highest BCUT2D eigenvalue weighted by molar-refractivity contribution is 6.30. The zero-order chi connectivity index (χ0) is 13.8. The maximum Gasteiger partial charge on any atom is 0.0406 e. The van der Waals surface area contributed by atoms with Gasteiger partial charge in [0.05, 0.1) is 0 Å². The summed E-state index contributed by atoms with van der Waals surface area (Å²) in [6, 6.07) is 8.27. The fourth-order valence-electron chi connectivity index (χ4n) is 2.39. The first-order chi connectivity index (χ1) is 9.33. The van der Waals surface area contributed by atoms with Crippen LogP contribution in [0.15, 0.2) is 24.3 Å². The molecule has 0 amide bonds. The van der Waals surface area contributed by atoms with E-state index in [4.69, 9.17) is 11.6 Å². The van der Waals surface area contributed by atoms with Gasteiger partial charge < -0.3 is 0 Å². The second-order valence-corrected chi connectivity index (χ2v) is 5.85. The largest absolute Gasteiger partial charge is 0.0843 e. The lowest BCUT2D eigenvalue weighted by atomic mass is 10.0. The molecule has 0 aromatic heterocycles. The van der Waals surface area contributed by atoms with Gasteiger partial charge in [-0.1, -0.05) is 88.4 Å². The zero-order valence-electron chi connectivity index (χ0n) is 12.2. The number of hydrogen-bond donors (Lipinski definition) is 0. The van der Waals surface area contributed by atoms with Crippen LogP contribution in [0, 0.1) is 6.92 Å². The summed E-state index contributed by atoms with van der Waals surface area (Å²) in [6.45, 7) is 3.88. The van der Waals surface area contributed by atoms with Gasteiger partial charge in [0.15, 0.2) is 0 Å². The summed E-state index contributed by atoms with van der Waals surface area (Å²) in [4.78, 5) is 0. The van der Waals surface area contributed by atoms with Gasteiger partial charge in [-0.3, -0.25) is 0 Å². The fourth-order valence-corrected chi connectivity index (χ4v) is 2.52. The van der Waals surface area contributed by atoms with E-state index >= 15 is 0 Å². The third-order valence-electron chi connectivity index (χ3n) is 3.63. The van der Waals surface area contributed by atoms with Crippen LogP contribution in [0.2, 0.25) is 5.02 Å². The van der Waals surface area contributed by atoms with Crippen LogP contribution >= 0.6 is 11.6 Å². The quantitative estimate of drug-likeness (QED) is 0.399. The van der Waals surface area contributed by atoms with E-state index in [1.54, 1.807) is 0 Å². The smallest absolute Gasteiger partial charge is 0.0406 e. The van der Waals surface area contributed by atoms with E-state index in [1.807, 2.05) is 12.1 Å². The highest BCUT2D eigenvalue weighted by Gasteiger charge is 1.95. The molecule has 0 bridgehead atoms. The molecular weight excluding hydrogens is 252 g/mol. The first-order valence-corrected chi connectivity index (χ1v) is 8.24. The average molecular weight is 280 g/mol. The van der Waals surface area contributed by atoms with Crippen molar-refractivity contribution in [2.75, 3.05) is 0 Å². The summed E-state index contributed by atoms with van der Waals surface area (Å²) in [5.41, 5.74) is 1.41. The second-order valence-electron chi connectivity index (χ2n) is 5.41. The Labute approximate surface area is 124 Å². The molecule has 0 saturated heterocycles. The maximum absolute atomic E-state index is 5.87. The van der Waals surface area contributed by atoms with E-state index < -0.39 is 0 Å². The summed E-state index contributed by atoms with van der Waals surface area (Å²) in [5, 5.41) is 0.836. The van der Waals surface area contributed by atoms with Gasteiger partial charge >= 0.3 is 0 Å². The van der Waals surface area contributed by atoms with Crippen molar-refractivity contribution in [3.8, 4) is 0 Å². The van der Waals surface area contributed by atoms with E-state index in [0.717, 1.165) is 11.4 Å². The van der Waals surface area contributed by atoms with Crippen LogP contribution in [0.25, 0.3) is 0 Å². The van der Waals surface area contributed by atoms with E-state index in [0.29, 0.717) is 0 Å². The first kappa shape index (κ1) is 16.6. The lowest BCUT2D eigenvalue weighted by Gasteiger charge is -2.03. The molecule has 0 saturated carbocycles. The summed E-state index contributed by atoms with van der Waals surface area (Å²) in [7, 11) is 0. The predicted molar refractivity (Wildman–Crippen MR) is 86.7 cm³/mol. The Morgan fingerprint density at radius 1 is 0.684 bits per heavy atom.